The molecule has 1 atom stereocenters. The van der Waals surface area contributed by atoms with E-state index in [4.69, 9.17) is 15.2 Å². The van der Waals surface area contributed by atoms with E-state index in [2.05, 4.69) is 5.10 Å². The van der Waals surface area contributed by atoms with Crippen LogP contribution in [0.25, 0.3) is 5.69 Å². The summed E-state index contributed by atoms with van der Waals surface area (Å²) in [6.45, 7) is 0.956. The predicted octanol–water partition coefficient (Wildman–Crippen LogP) is 1.14. The highest BCUT2D eigenvalue weighted by molar-refractivity contribution is 6.02. The molecule has 0 saturated carbocycles. The minimum Gasteiger partial charge on any atom is -0.497 e. The van der Waals surface area contributed by atoms with Gasteiger partial charge >= 0.3 is 0 Å². The molecule has 2 heterocycles. The zero-order valence-corrected chi connectivity index (χ0v) is 14.8. The summed E-state index contributed by atoms with van der Waals surface area (Å²) >= 11 is 0. The van der Waals surface area contributed by atoms with Crippen LogP contribution in [0.4, 0.5) is 5.82 Å². The summed E-state index contributed by atoms with van der Waals surface area (Å²) in [6, 6.07) is 7.23. The van der Waals surface area contributed by atoms with Gasteiger partial charge in [0.1, 0.15) is 18.2 Å². The lowest BCUT2D eigenvalue weighted by Crippen LogP contribution is -2.32. The minimum absolute atomic E-state index is 0.0262. The quantitative estimate of drug-likeness (QED) is 0.778. The average Bonchev–Trinajstić information content (AvgIpc) is 3.29. The molecule has 3 rings (SSSR count). The van der Waals surface area contributed by atoms with E-state index in [1.54, 1.807) is 24.1 Å². The van der Waals surface area contributed by atoms with Crippen molar-refractivity contribution < 1.29 is 19.1 Å². The van der Waals surface area contributed by atoms with Crippen LogP contribution >= 0.6 is 0 Å². The molecule has 1 aliphatic heterocycles. The summed E-state index contributed by atoms with van der Waals surface area (Å²) in [7, 11) is 3.07. The Balaban J connectivity index is 1.75. The summed E-state index contributed by atoms with van der Waals surface area (Å²) in [5, 5.41) is 4.25. The second kappa shape index (κ2) is 7.57. The minimum atomic E-state index is -0.272. The maximum Gasteiger partial charge on any atom is 0.248 e. The van der Waals surface area contributed by atoms with Crippen LogP contribution in [-0.2, 0) is 9.53 Å². The largest absolute Gasteiger partial charge is 0.497 e. The maximum absolute atomic E-state index is 12.8. The molecule has 2 aromatic rings. The summed E-state index contributed by atoms with van der Waals surface area (Å²) in [5.41, 5.74) is 7.29. The highest BCUT2D eigenvalue weighted by Crippen LogP contribution is 2.26. The van der Waals surface area contributed by atoms with Crippen molar-refractivity contribution in [1.29, 1.82) is 0 Å². The van der Waals surface area contributed by atoms with Gasteiger partial charge in [0.15, 0.2) is 5.78 Å². The average molecular weight is 358 g/mol. The Kier molecular flexibility index (Phi) is 5.22. The zero-order chi connectivity index (χ0) is 18.7. The molecule has 26 heavy (non-hydrogen) atoms. The zero-order valence-electron chi connectivity index (χ0n) is 14.8. The second-order valence-corrected chi connectivity index (χ2v) is 6.18. The predicted molar refractivity (Wildman–Crippen MR) is 95.4 cm³/mol. The third-order valence-electron chi connectivity index (χ3n) is 4.57. The number of amides is 1. The second-order valence-electron chi connectivity index (χ2n) is 6.18. The van der Waals surface area contributed by atoms with E-state index in [1.165, 1.54) is 18.0 Å². The Bertz CT molecular complexity index is 800. The number of rotatable bonds is 6. The summed E-state index contributed by atoms with van der Waals surface area (Å²) in [4.78, 5) is 26.4. The summed E-state index contributed by atoms with van der Waals surface area (Å²) < 4.78 is 11.5. The highest BCUT2D eigenvalue weighted by Gasteiger charge is 2.33. The van der Waals surface area contributed by atoms with E-state index in [1.807, 2.05) is 12.1 Å². The van der Waals surface area contributed by atoms with Crippen LogP contribution in [0.1, 0.15) is 16.8 Å². The monoisotopic (exact) mass is 358 g/mol. The van der Waals surface area contributed by atoms with Gasteiger partial charge in [-0.3, -0.25) is 9.59 Å². The number of Topliss-reactive ketones (excluding diaryl/α,β-unsaturated/α-hetero) is 1. The Morgan fingerprint density at radius 3 is 2.65 bits per heavy atom. The molecular weight excluding hydrogens is 336 g/mol. The third-order valence-corrected chi connectivity index (χ3v) is 4.57. The number of nitrogens with zero attached hydrogens (tertiary/aromatic N) is 3. The van der Waals surface area contributed by atoms with Gasteiger partial charge in [0.25, 0.3) is 0 Å². The van der Waals surface area contributed by atoms with Gasteiger partial charge in [0.05, 0.1) is 24.6 Å². The molecule has 8 nitrogen and oxygen atoms in total. The Labute approximate surface area is 151 Å². The van der Waals surface area contributed by atoms with Gasteiger partial charge in [-0.2, -0.15) is 5.10 Å². The third kappa shape index (κ3) is 3.41. The van der Waals surface area contributed by atoms with Crippen molar-refractivity contribution in [2.24, 2.45) is 5.92 Å². The van der Waals surface area contributed by atoms with Crippen molar-refractivity contribution in [1.82, 2.24) is 14.7 Å². The van der Waals surface area contributed by atoms with Crippen LogP contribution in [0.5, 0.6) is 5.75 Å². The van der Waals surface area contributed by atoms with Crippen LogP contribution in [0.3, 0.4) is 0 Å². The molecule has 0 radical (unpaired) electrons. The molecule has 8 heteroatoms. The van der Waals surface area contributed by atoms with Crippen LogP contribution in [0, 0.1) is 5.92 Å². The van der Waals surface area contributed by atoms with Gasteiger partial charge in [0.2, 0.25) is 5.91 Å². The number of nitrogen functional groups attached to an aromatic ring is 1. The molecule has 1 unspecified atom stereocenters. The molecule has 1 saturated heterocycles. The molecule has 0 spiro atoms. The topological polar surface area (TPSA) is 99.7 Å². The van der Waals surface area contributed by atoms with E-state index in [-0.39, 0.29) is 24.2 Å². The molecule has 1 aromatic carbocycles. The molecule has 0 bridgehead atoms. The lowest BCUT2D eigenvalue weighted by Gasteiger charge is -2.15. The molecule has 1 aromatic heterocycles. The first-order valence-corrected chi connectivity index (χ1v) is 8.34. The van der Waals surface area contributed by atoms with Gasteiger partial charge in [0, 0.05) is 26.1 Å². The number of likely N-dealkylation sites (tertiary alicyclic amines) is 1. The first-order chi connectivity index (χ1) is 12.5. The number of carbonyl (C=O) groups excluding carboxylic acids is 2. The number of hydrogen-bond acceptors (Lipinski definition) is 6. The van der Waals surface area contributed by atoms with Crippen molar-refractivity contribution in [2.75, 3.05) is 39.6 Å². The highest BCUT2D eigenvalue weighted by atomic mass is 16.5. The number of methoxy groups -OCH3 is 2. The molecule has 2 N–H and O–H groups in total. The molecule has 1 fully saturated rings. The molecular formula is C18H22N4O4. The standard InChI is InChI=1S/C18H22N4O4/c1-25-11-16(23)21-8-7-12(10-21)17(24)15-9-20-22(18(15)19)13-3-5-14(26-2)6-4-13/h3-6,9,12H,7-8,10-11,19H2,1-2H3. The van der Waals surface area contributed by atoms with Gasteiger partial charge in [-0.05, 0) is 30.7 Å². The number of carbonyl (C=O) groups is 2. The van der Waals surface area contributed by atoms with E-state index in [0.29, 0.717) is 30.9 Å². The summed E-state index contributed by atoms with van der Waals surface area (Å²) in [5.74, 6) is 0.552. The lowest BCUT2D eigenvalue weighted by atomic mass is 9.98. The van der Waals surface area contributed by atoms with Crippen molar-refractivity contribution >= 4 is 17.5 Å². The number of anilines is 1. The fourth-order valence-electron chi connectivity index (χ4n) is 3.11. The van der Waals surface area contributed by atoms with Crippen LogP contribution < -0.4 is 10.5 Å². The van der Waals surface area contributed by atoms with E-state index in [9.17, 15) is 9.59 Å². The van der Waals surface area contributed by atoms with E-state index in [0.717, 1.165) is 11.4 Å². The number of hydrogen-bond donors (Lipinski definition) is 1. The molecule has 1 amide bonds. The molecule has 138 valence electrons. The first-order valence-electron chi connectivity index (χ1n) is 8.34. The van der Waals surface area contributed by atoms with Crippen molar-refractivity contribution in [3.63, 3.8) is 0 Å². The van der Waals surface area contributed by atoms with Crippen molar-refractivity contribution in [3.8, 4) is 11.4 Å². The first kappa shape index (κ1) is 17.9. The Morgan fingerprint density at radius 2 is 2.00 bits per heavy atom. The normalized spacial score (nSPS) is 16.7. The fourth-order valence-corrected chi connectivity index (χ4v) is 3.11. The van der Waals surface area contributed by atoms with E-state index < -0.39 is 0 Å². The van der Waals surface area contributed by atoms with Gasteiger partial charge in [-0.15, -0.1) is 0 Å². The van der Waals surface area contributed by atoms with Crippen molar-refractivity contribution in [3.05, 3.63) is 36.0 Å². The lowest BCUT2D eigenvalue weighted by molar-refractivity contribution is -0.134. The Hall–Kier alpha value is -2.87. The molecule has 0 aliphatic carbocycles. The number of aromatic nitrogens is 2. The van der Waals surface area contributed by atoms with Crippen LogP contribution in [0.15, 0.2) is 30.5 Å². The van der Waals surface area contributed by atoms with Gasteiger partial charge < -0.3 is 20.1 Å². The van der Waals surface area contributed by atoms with Crippen LogP contribution in [0.2, 0.25) is 0 Å². The maximum atomic E-state index is 12.8. The SMILES string of the molecule is COCC(=O)N1CCC(C(=O)c2cnn(-c3ccc(OC)cc3)c2N)C1. The number of ether oxygens (including phenoxy) is 2. The number of ketones is 1. The fraction of sp³-hybridized carbons (Fsp3) is 0.389. The smallest absolute Gasteiger partial charge is 0.248 e. The number of nitrogens with two attached hydrogens (primary N) is 1. The Morgan fingerprint density at radius 1 is 1.27 bits per heavy atom. The van der Waals surface area contributed by atoms with Gasteiger partial charge in [-0.25, -0.2) is 4.68 Å². The van der Waals surface area contributed by atoms with Crippen molar-refractivity contribution in [2.45, 2.75) is 6.42 Å². The summed E-state index contributed by atoms with van der Waals surface area (Å²) in [6.07, 6.45) is 2.10. The van der Waals surface area contributed by atoms with Crippen LogP contribution in [-0.4, -0.2) is 60.3 Å². The number of benzene rings is 1. The van der Waals surface area contributed by atoms with Gasteiger partial charge in [-0.1, -0.05) is 0 Å². The van der Waals surface area contributed by atoms with E-state index >= 15 is 0 Å². The molecule has 1 aliphatic rings.